The van der Waals surface area contributed by atoms with Gasteiger partial charge in [-0.2, -0.15) is 0 Å². The van der Waals surface area contributed by atoms with E-state index in [0.29, 0.717) is 13.1 Å². The van der Waals surface area contributed by atoms with Crippen LogP contribution in [0.1, 0.15) is 33.1 Å². The van der Waals surface area contributed by atoms with Crippen molar-refractivity contribution in [2.45, 2.75) is 49.3 Å². The SMILES string of the molecule is CC(C)C(=O)NC1CCCN(C(=O)CC2Sc3ccccc3NC2=O)C1. The highest BCUT2D eigenvalue weighted by atomic mass is 32.2. The van der Waals surface area contributed by atoms with Crippen molar-refractivity contribution in [2.75, 3.05) is 18.4 Å². The second kappa shape index (κ2) is 8.12. The fourth-order valence-corrected chi connectivity index (χ4v) is 4.31. The van der Waals surface area contributed by atoms with E-state index in [-0.39, 0.29) is 36.1 Å². The van der Waals surface area contributed by atoms with Gasteiger partial charge in [-0.3, -0.25) is 14.4 Å². The number of hydrogen-bond donors (Lipinski definition) is 2. The van der Waals surface area contributed by atoms with E-state index in [0.717, 1.165) is 23.4 Å². The predicted molar refractivity (Wildman–Crippen MR) is 102 cm³/mol. The maximum Gasteiger partial charge on any atom is 0.238 e. The average molecular weight is 375 g/mol. The number of para-hydroxylation sites is 1. The van der Waals surface area contributed by atoms with Crippen molar-refractivity contribution in [3.8, 4) is 0 Å². The van der Waals surface area contributed by atoms with Crippen molar-refractivity contribution in [1.29, 1.82) is 0 Å². The molecule has 7 heteroatoms. The van der Waals surface area contributed by atoms with Crippen molar-refractivity contribution < 1.29 is 14.4 Å². The van der Waals surface area contributed by atoms with E-state index in [4.69, 9.17) is 0 Å². The van der Waals surface area contributed by atoms with Crippen LogP contribution in [0.3, 0.4) is 0 Å². The fourth-order valence-electron chi connectivity index (χ4n) is 3.20. The highest BCUT2D eigenvalue weighted by Crippen LogP contribution is 2.36. The Morgan fingerprint density at radius 2 is 2.12 bits per heavy atom. The van der Waals surface area contributed by atoms with Crippen LogP contribution in [0.25, 0.3) is 0 Å². The Morgan fingerprint density at radius 3 is 2.88 bits per heavy atom. The zero-order valence-corrected chi connectivity index (χ0v) is 16.0. The van der Waals surface area contributed by atoms with Gasteiger partial charge in [0.25, 0.3) is 0 Å². The van der Waals surface area contributed by atoms with E-state index in [1.54, 1.807) is 4.90 Å². The minimum absolute atomic E-state index is 0.00355. The highest BCUT2D eigenvalue weighted by Gasteiger charge is 2.32. The molecular formula is C19H25N3O3S. The van der Waals surface area contributed by atoms with E-state index in [1.807, 2.05) is 38.1 Å². The Balaban J connectivity index is 1.58. The van der Waals surface area contributed by atoms with Gasteiger partial charge in [0.2, 0.25) is 17.7 Å². The first-order chi connectivity index (χ1) is 12.4. The van der Waals surface area contributed by atoms with Gasteiger partial charge in [0.15, 0.2) is 0 Å². The molecule has 3 rings (SSSR count). The third-order valence-corrected chi connectivity index (χ3v) is 5.99. The Morgan fingerprint density at radius 1 is 1.35 bits per heavy atom. The number of benzene rings is 1. The molecule has 0 radical (unpaired) electrons. The number of anilines is 1. The molecule has 2 aliphatic heterocycles. The quantitative estimate of drug-likeness (QED) is 0.846. The number of fused-ring (bicyclic) bond motifs is 1. The number of hydrogen-bond acceptors (Lipinski definition) is 4. The summed E-state index contributed by atoms with van der Waals surface area (Å²) in [4.78, 5) is 39.7. The number of carbonyl (C=O) groups excluding carboxylic acids is 3. The second-order valence-electron chi connectivity index (χ2n) is 7.14. The van der Waals surface area contributed by atoms with Gasteiger partial charge in [-0.1, -0.05) is 26.0 Å². The molecule has 140 valence electrons. The molecular weight excluding hydrogens is 350 g/mol. The number of likely N-dealkylation sites (tertiary alicyclic amines) is 1. The molecule has 0 aliphatic carbocycles. The number of rotatable bonds is 4. The fraction of sp³-hybridized carbons (Fsp3) is 0.526. The van der Waals surface area contributed by atoms with E-state index in [9.17, 15) is 14.4 Å². The number of thioether (sulfide) groups is 1. The Hall–Kier alpha value is -2.02. The van der Waals surface area contributed by atoms with E-state index in [2.05, 4.69) is 10.6 Å². The van der Waals surface area contributed by atoms with Gasteiger partial charge in [0.1, 0.15) is 0 Å². The standard InChI is InChI=1S/C19H25N3O3S/c1-12(2)18(24)20-13-6-5-9-22(11-13)17(23)10-16-19(25)21-14-7-3-4-8-15(14)26-16/h3-4,7-8,12-13,16H,5-6,9-11H2,1-2H3,(H,20,24)(H,21,25). The average Bonchev–Trinajstić information content (AvgIpc) is 2.62. The molecule has 1 aromatic rings. The molecule has 0 spiro atoms. The maximum atomic E-state index is 12.7. The molecule has 2 unspecified atom stereocenters. The molecule has 26 heavy (non-hydrogen) atoms. The lowest BCUT2D eigenvalue weighted by molar-refractivity contribution is -0.135. The van der Waals surface area contributed by atoms with Crippen molar-refractivity contribution in [3.05, 3.63) is 24.3 Å². The molecule has 0 aromatic heterocycles. The molecule has 2 heterocycles. The number of amides is 3. The van der Waals surface area contributed by atoms with Crippen LogP contribution in [0.2, 0.25) is 0 Å². The lowest BCUT2D eigenvalue weighted by Gasteiger charge is -2.34. The van der Waals surface area contributed by atoms with Crippen molar-refractivity contribution in [2.24, 2.45) is 5.92 Å². The number of carbonyl (C=O) groups is 3. The van der Waals surface area contributed by atoms with Gasteiger partial charge in [0.05, 0.1) is 10.9 Å². The molecule has 2 aliphatic rings. The van der Waals surface area contributed by atoms with Gasteiger partial charge in [-0.15, -0.1) is 11.8 Å². The van der Waals surface area contributed by atoms with Gasteiger partial charge >= 0.3 is 0 Å². The lowest BCUT2D eigenvalue weighted by Crippen LogP contribution is -2.51. The van der Waals surface area contributed by atoms with Gasteiger partial charge in [-0.05, 0) is 25.0 Å². The monoisotopic (exact) mass is 375 g/mol. The van der Waals surface area contributed by atoms with Gasteiger partial charge < -0.3 is 15.5 Å². The molecule has 1 aromatic carbocycles. The molecule has 0 saturated carbocycles. The Bertz CT molecular complexity index is 707. The second-order valence-corrected chi connectivity index (χ2v) is 8.38. The van der Waals surface area contributed by atoms with Crippen molar-refractivity contribution >= 4 is 35.2 Å². The molecule has 6 nitrogen and oxygen atoms in total. The zero-order chi connectivity index (χ0) is 18.7. The van der Waals surface area contributed by atoms with E-state index < -0.39 is 5.25 Å². The molecule has 3 amide bonds. The van der Waals surface area contributed by atoms with Crippen LogP contribution in [0.15, 0.2) is 29.2 Å². The minimum atomic E-state index is -0.414. The molecule has 1 saturated heterocycles. The van der Waals surface area contributed by atoms with Crippen LogP contribution in [0, 0.1) is 5.92 Å². The maximum absolute atomic E-state index is 12.7. The van der Waals surface area contributed by atoms with E-state index >= 15 is 0 Å². The van der Waals surface area contributed by atoms with Gasteiger partial charge in [-0.25, -0.2) is 0 Å². The first kappa shape index (κ1) is 18.8. The molecule has 1 fully saturated rings. The summed E-state index contributed by atoms with van der Waals surface area (Å²) in [6.45, 7) is 4.92. The number of piperidine rings is 1. The van der Waals surface area contributed by atoms with Crippen molar-refractivity contribution in [1.82, 2.24) is 10.2 Å². The number of nitrogens with one attached hydrogen (secondary N) is 2. The summed E-state index contributed by atoms with van der Waals surface area (Å²) >= 11 is 1.44. The molecule has 2 atom stereocenters. The Kier molecular flexibility index (Phi) is 5.86. The highest BCUT2D eigenvalue weighted by molar-refractivity contribution is 8.01. The van der Waals surface area contributed by atoms with Crippen molar-refractivity contribution in [3.63, 3.8) is 0 Å². The summed E-state index contributed by atoms with van der Waals surface area (Å²) in [5, 5.41) is 5.48. The van der Waals surface area contributed by atoms with Crippen LogP contribution in [-0.4, -0.2) is 47.0 Å². The zero-order valence-electron chi connectivity index (χ0n) is 15.2. The normalized spacial score (nSPS) is 22.6. The van der Waals surface area contributed by atoms with Crippen LogP contribution >= 0.6 is 11.8 Å². The van der Waals surface area contributed by atoms with Crippen LogP contribution in [0.4, 0.5) is 5.69 Å². The minimum Gasteiger partial charge on any atom is -0.351 e. The summed E-state index contributed by atoms with van der Waals surface area (Å²) in [5.74, 6) is -0.198. The summed E-state index contributed by atoms with van der Waals surface area (Å²) in [7, 11) is 0. The largest absolute Gasteiger partial charge is 0.351 e. The smallest absolute Gasteiger partial charge is 0.238 e. The topological polar surface area (TPSA) is 78.5 Å². The Labute approximate surface area is 158 Å². The van der Waals surface area contributed by atoms with Crippen LogP contribution in [-0.2, 0) is 14.4 Å². The first-order valence-corrected chi connectivity index (χ1v) is 9.96. The lowest BCUT2D eigenvalue weighted by atomic mass is 10.0. The van der Waals surface area contributed by atoms with Gasteiger partial charge in [0, 0.05) is 36.4 Å². The summed E-state index contributed by atoms with van der Waals surface area (Å²) < 4.78 is 0. The summed E-state index contributed by atoms with van der Waals surface area (Å²) in [5.41, 5.74) is 0.806. The predicted octanol–water partition coefficient (Wildman–Crippen LogP) is 2.25. The summed E-state index contributed by atoms with van der Waals surface area (Å²) in [6, 6.07) is 7.62. The third-order valence-electron chi connectivity index (χ3n) is 4.71. The van der Waals surface area contributed by atoms with Crippen LogP contribution in [0.5, 0.6) is 0 Å². The molecule has 2 N–H and O–H groups in total. The molecule has 0 bridgehead atoms. The summed E-state index contributed by atoms with van der Waals surface area (Å²) in [6.07, 6.45) is 1.92. The third kappa shape index (κ3) is 4.38. The first-order valence-electron chi connectivity index (χ1n) is 9.08. The van der Waals surface area contributed by atoms with Crippen LogP contribution < -0.4 is 10.6 Å². The number of nitrogens with zero attached hydrogens (tertiary/aromatic N) is 1. The van der Waals surface area contributed by atoms with E-state index in [1.165, 1.54) is 11.8 Å².